The summed E-state index contributed by atoms with van der Waals surface area (Å²) in [7, 11) is 0. The summed E-state index contributed by atoms with van der Waals surface area (Å²) in [4.78, 5) is 39.7. The zero-order valence-electron chi connectivity index (χ0n) is 13.8. The summed E-state index contributed by atoms with van der Waals surface area (Å²) in [5.74, 6) is -0.170. The highest BCUT2D eigenvalue weighted by atomic mass is 16.2. The van der Waals surface area contributed by atoms with Crippen LogP contribution in [0.2, 0.25) is 0 Å². The van der Waals surface area contributed by atoms with Crippen LogP contribution in [-0.2, 0) is 4.79 Å². The summed E-state index contributed by atoms with van der Waals surface area (Å²) in [6.07, 6.45) is 1.24. The van der Waals surface area contributed by atoms with Crippen LogP contribution in [0.5, 0.6) is 0 Å². The Morgan fingerprint density at radius 1 is 1.00 bits per heavy atom. The van der Waals surface area contributed by atoms with E-state index in [0.717, 1.165) is 10.8 Å². The van der Waals surface area contributed by atoms with Crippen LogP contribution in [-0.4, -0.2) is 53.3 Å². The molecule has 0 aromatic heterocycles. The van der Waals surface area contributed by atoms with Gasteiger partial charge in [0.15, 0.2) is 0 Å². The van der Waals surface area contributed by atoms with Crippen LogP contribution >= 0.6 is 0 Å². The second-order valence-electron chi connectivity index (χ2n) is 6.47. The second-order valence-corrected chi connectivity index (χ2v) is 6.47. The summed E-state index contributed by atoms with van der Waals surface area (Å²) in [5, 5.41) is 4.55. The van der Waals surface area contributed by atoms with Gasteiger partial charge in [0.2, 0.25) is 5.91 Å². The number of piperidine rings is 1. The molecule has 2 heterocycles. The fourth-order valence-electron chi connectivity index (χ4n) is 3.71. The van der Waals surface area contributed by atoms with E-state index in [1.165, 1.54) is 4.90 Å². The maximum atomic E-state index is 12.9. The molecule has 2 aromatic rings. The number of hydrogen-bond acceptors (Lipinski definition) is 3. The first-order chi connectivity index (χ1) is 12.1. The van der Waals surface area contributed by atoms with E-state index in [0.29, 0.717) is 31.5 Å². The van der Waals surface area contributed by atoms with E-state index in [4.69, 9.17) is 0 Å². The van der Waals surface area contributed by atoms with Crippen molar-refractivity contribution in [3.8, 4) is 0 Å². The average Bonchev–Trinajstić information content (AvgIpc) is 2.99. The molecule has 128 valence electrons. The molecule has 0 radical (unpaired) electrons. The van der Waals surface area contributed by atoms with Gasteiger partial charge in [-0.15, -0.1) is 0 Å². The number of likely N-dealkylation sites (tertiary alicyclic amines) is 1. The van der Waals surface area contributed by atoms with Crippen molar-refractivity contribution in [1.82, 2.24) is 15.1 Å². The van der Waals surface area contributed by atoms with Gasteiger partial charge in [-0.05, 0) is 29.7 Å². The number of rotatable bonds is 2. The van der Waals surface area contributed by atoms with Gasteiger partial charge in [0.05, 0.1) is 6.54 Å². The van der Waals surface area contributed by atoms with E-state index in [2.05, 4.69) is 5.32 Å². The molecule has 0 bridgehead atoms. The van der Waals surface area contributed by atoms with Crippen molar-refractivity contribution in [2.45, 2.75) is 18.9 Å². The lowest BCUT2D eigenvalue weighted by atomic mass is 10.00. The molecule has 1 N–H and O–H groups in total. The number of benzene rings is 2. The first-order valence-electron chi connectivity index (χ1n) is 8.52. The molecule has 0 aliphatic carbocycles. The Labute approximate surface area is 145 Å². The first-order valence-corrected chi connectivity index (χ1v) is 8.52. The quantitative estimate of drug-likeness (QED) is 0.852. The van der Waals surface area contributed by atoms with Gasteiger partial charge in [-0.25, -0.2) is 4.79 Å². The lowest BCUT2D eigenvalue weighted by Gasteiger charge is -2.35. The lowest BCUT2D eigenvalue weighted by molar-refractivity contribution is -0.127. The van der Waals surface area contributed by atoms with Crippen molar-refractivity contribution in [2.75, 3.05) is 19.6 Å². The zero-order valence-corrected chi connectivity index (χ0v) is 13.8. The van der Waals surface area contributed by atoms with Crippen LogP contribution in [0.4, 0.5) is 4.79 Å². The van der Waals surface area contributed by atoms with Crippen LogP contribution in [0.3, 0.4) is 0 Å². The van der Waals surface area contributed by atoms with E-state index in [1.54, 1.807) is 0 Å². The van der Waals surface area contributed by atoms with Crippen molar-refractivity contribution in [2.24, 2.45) is 0 Å². The van der Waals surface area contributed by atoms with Crippen molar-refractivity contribution < 1.29 is 14.4 Å². The van der Waals surface area contributed by atoms with Gasteiger partial charge < -0.3 is 10.2 Å². The number of fused-ring (bicyclic) bond motifs is 1. The van der Waals surface area contributed by atoms with Gasteiger partial charge >= 0.3 is 6.03 Å². The smallest absolute Gasteiger partial charge is 0.324 e. The zero-order chi connectivity index (χ0) is 17.4. The standard InChI is InChI=1S/C19H19N3O3/c23-17-12-20-19(25)22(17)14-8-10-21(11-9-14)18(24)16-7-3-5-13-4-1-2-6-15(13)16/h1-7,14H,8-12H2,(H,20,25). The molecular weight excluding hydrogens is 318 g/mol. The highest BCUT2D eigenvalue weighted by Gasteiger charge is 2.37. The number of amides is 4. The van der Waals surface area contributed by atoms with Gasteiger partial charge in [-0.1, -0.05) is 36.4 Å². The predicted molar refractivity (Wildman–Crippen MR) is 93.1 cm³/mol. The van der Waals surface area contributed by atoms with Gasteiger partial charge in [-0.3, -0.25) is 14.5 Å². The number of carbonyl (C=O) groups excluding carboxylic acids is 3. The molecule has 2 aromatic carbocycles. The fraction of sp³-hybridized carbons (Fsp3) is 0.316. The molecule has 4 amide bonds. The first kappa shape index (κ1) is 15.6. The molecule has 0 atom stereocenters. The van der Waals surface area contributed by atoms with Crippen LogP contribution in [0.15, 0.2) is 42.5 Å². The van der Waals surface area contributed by atoms with Crippen LogP contribution in [0.25, 0.3) is 10.8 Å². The molecule has 4 rings (SSSR count). The Hall–Kier alpha value is -2.89. The van der Waals surface area contributed by atoms with E-state index in [1.807, 2.05) is 47.4 Å². The minimum absolute atomic E-state index is 0.00690. The van der Waals surface area contributed by atoms with Crippen molar-refractivity contribution in [1.29, 1.82) is 0 Å². The van der Waals surface area contributed by atoms with E-state index in [-0.39, 0.29) is 30.4 Å². The molecule has 2 saturated heterocycles. The Kier molecular flexibility index (Phi) is 3.87. The van der Waals surface area contributed by atoms with E-state index >= 15 is 0 Å². The summed E-state index contributed by atoms with van der Waals surface area (Å²) in [6.45, 7) is 1.17. The van der Waals surface area contributed by atoms with Gasteiger partial charge in [0.25, 0.3) is 5.91 Å². The van der Waals surface area contributed by atoms with E-state index in [9.17, 15) is 14.4 Å². The maximum absolute atomic E-state index is 12.9. The molecule has 0 saturated carbocycles. The van der Waals surface area contributed by atoms with Crippen LogP contribution in [0, 0.1) is 0 Å². The van der Waals surface area contributed by atoms with Crippen LogP contribution < -0.4 is 5.32 Å². The summed E-state index contributed by atoms with van der Waals surface area (Å²) >= 11 is 0. The van der Waals surface area contributed by atoms with Crippen molar-refractivity contribution in [3.63, 3.8) is 0 Å². The summed E-state index contributed by atoms with van der Waals surface area (Å²) < 4.78 is 0. The molecule has 2 aliphatic rings. The molecule has 0 unspecified atom stereocenters. The van der Waals surface area contributed by atoms with Crippen molar-refractivity contribution >= 4 is 28.6 Å². The van der Waals surface area contributed by atoms with Gasteiger partial charge in [0.1, 0.15) is 0 Å². The normalized spacial score (nSPS) is 18.7. The van der Waals surface area contributed by atoms with Crippen LogP contribution in [0.1, 0.15) is 23.2 Å². The Balaban J connectivity index is 1.50. The summed E-state index contributed by atoms with van der Waals surface area (Å²) in [5.41, 5.74) is 0.701. The highest BCUT2D eigenvalue weighted by Crippen LogP contribution is 2.24. The Bertz CT molecular complexity index is 835. The minimum atomic E-state index is -0.316. The topological polar surface area (TPSA) is 69.7 Å². The fourth-order valence-corrected chi connectivity index (χ4v) is 3.71. The Morgan fingerprint density at radius 3 is 2.44 bits per heavy atom. The molecule has 2 aliphatic heterocycles. The largest absolute Gasteiger partial charge is 0.338 e. The Morgan fingerprint density at radius 2 is 1.72 bits per heavy atom. The molecule has 2 fully saturated rings. The number of urea groups is 1. The minimum Gasteiger partial charge on any atom is -0.338 e. The number of carbonyl (C=O) groups is 3. The van der Waals surface area contributed by atoms with E-state index < -0.39 is 0 Å². The monoisotopic (exact) mass is 337 g/mol. The molecular formula is C19H19N3O3. The van der Waals surface area contributed by atoms with Gasteiger partial charge in [0, 0.05) is 24.7 Å². The average molecular weight is 337 g/mol. The van der Waals surface area contributed by atoms with Gasteiger partial charge in [-0.2, -0.15) is 0 Å². The second kappa shape index (κ2) is 6.20. The lowest BCUT2D eigenvalue weighted by Crippen LogP contribution is -2.49. The number of nitrogens with zero attached hydrogens (tertiary/aromatic N) is 2. The number of hydrogen-bond donors (Lipinski definition) is 1. The number of nitrogens with one attached hydrogen (secondary N) is 1. The number of imide groups is 1. The predicted octanol–water partition coefficient (Wildman–Crippen LogP) is 2.00. The third kappa shape index (κ3) is 2.73. The maximum Gasteiger partial charge on any atom is 0.324 e. The molecule has 0 spiro atoms. The summed E-state index contributed by atoms with van der Waals surface area (Å²) in [6, 6.07) is 13.2. The third-order valence-corrected chi connectivity index (χ3v) is 5.02. The highest BCUT2D eigenvalue weighted by molar-refractivity contribution is 6.07. The molecule has 6 heteroatoms. The third-order valence-electron chi connectivity index (χ3n) is 5.02. The van der Waals surface area contributed by atoms with Crippen molar-refractivity contribution in [3.05, 3.63) is 48.0 Å². The molecule has 25 heavy (non-hydrogen) atoms. The SMILES string of the molecule is O=C(c1cccc2ccccc12)N1CCC(N2C(=O)CNC2=O)CC1. The molecule has 6 nitrogen and oxygen atoms in total.